The number of imide groups is 1. The number of rotatable bonds is 3. The van der Waals surface area contributed by atoms with E-state index in [0.29, 0.717) is 5.02 Å². The van der Waals surface area contributed by atoms with E-state index in [1.54, 1.807) is 18.2 Å². The number of benzene rings is 1. The molecule has 5 nitrogen and oxygen atoms in total. The smallest absolute Gasteiger partial charge is 0.321 e. The number of carbonyl (C=O) groups excluding carboxylic acids is 2. The summed E-state index contributed by atoms with van der Waals surface area (Å²) < 4.78 is 5.32. The van der Waals surface area contributed by atoms with Gasteiger partial charge in [0.25, 0.3) is 5.91 Å². The number of amides is 3. The van der Waals surface area contributed by atoms with Crippen molar-refractivity contribution in [3.8, 4) is 5.75 Å². The maximum absolute atomic E-state index is 11.5. The SMILES string of the molecule is CNC(=O)NC(=O)[C@H](C)Oc1cccc(Cl)c1Cl. The molecule has 1 aromatic carbocycles. The van der Waals surface area contributed by atoms with Crippen molar-refractivity contribution >= 4 is 35.1 Å². The first-order valence-corrected chi connectivity index (χ1v) is 5.84. The van der Waals surface area contributed by atoms with Gasteiger partial charge >= 0.3 is 6.03 Å². The third kappa shape index (κ3) is 3.78. The predicted molar refractivity (Wildman–Crippen MR) is 69.2 cm³/mol. The van der Waals surface area contributed by atoms with E-state index in [1.165, 1.54) is 14.0 Å². The molecule has 0 spiro atoms. The van der Waals surface area contributed by atoms with Gasteiger partial charge in [0.2, 0.25) is 0 Å². The molecule has 0 fully saturated rings. The van der Waals surface area contributed by atoms with E-state index in [0.717, 1.165) is 0 Å². The first-order chi connectivity index (χ1) is 8.45. The Hall–Kier alpha value is -1.46. The predicted octanol–water partition coefficient (Wildman–Crippen LogP) is 2.22. The van der Waals surface area contributed by atoms with Crippen LogP contribution in [0.1, 0.15) is 6.92 Å². The average Bonchev–Trinajstić information content (AvgIpc) is 2.34. The average molecular weight is 291 g/mol. The third-order valence-electron chi connectivity index (χ3n) is 2.05. The molecule has 1 aromatic rings. The van der Waals surface area contributed by atoms with Gasteiger partial charge in [-0.05, 0) is 19.1 Å². The molecule has 0 saturated carbocycles. The van der Waals surface area contributed by atoms with Crippen LogP contribution in [0.4, 0.5) is 4.79 Å². The minimum Gasteiger partial charge on any atom is -0.479 e. The Morgan fingerprint density at radius 3 is 2.61 bits per heavy atom. The molecule has 0 radical (unpaired) electrons. The fourth-order valence-corrected chi connectivity index (χ4v) is 1.43. The normalized spacial score (nSPS) is 11.6. The number of carbonyl (C=O) groups is 2. The molecule has 98 valence electrons. The summed E-state index contributed by atoms with van der Waals surface area (Å²) in [6.45, 7) is 1.50. The molecule has 0 aromatic heterocycles. The zero-order valence-electron chi connectivity index (χ0n) is 9.79. The second-order valence-electron chi connectivity index (χ2n) is 3.38. The highest BCUT2D eigenvalue weighted by molar-refractivity contribution is 6.42. The molecule has 3 amide bonds. The number of hydrogen-bond donors (Lipinski definition) is 2. The molecule has 0 saturated heterocycles. The monoisotopic (exact) mass is 290 g/mol. The van der Waals surface area contributed by atoms with Gasteiger partial charge in [0, 0.05) is 7.05 Å². The van der Waals surface area contributed by atoms with Gasteiger partial charge in [-0.3, -0.25) is 10.1 Å². The molecular formula is C11H12Cl2N2O3. The van der Waals surface area contributed by atoms with Crippen LogP contribution in [-0.2, 0) is 4.79 Å². The van der Waals surface area contributed by atoms with E-state index in [4.69, 9.17) is 27.9 Å². The Kier molecular flexibility index (Phi) is 5.25. The lowest BCUT2D eigenvalue weighted by Gasteiger charge is -2.15. The highest BCUT2D eigenvalue weighted by atomic mass is 35.5. The molecule has 1 atom stereocenters. The van der Waals surface area contributed by atoms with Crippen molar-refractivity contribution in [1.29, 1.82) is 0 Å². The summed E-state index contributed by atoms with van der Waals surface area (Å²) in [6, 6.07) is 4.23. The van der Waals surface area contributed by atoms with E-state index in [1.807, 2.05) is 0 Å². The minimum atomic E-state index is -0.877. The van der Waals surface area contributed by atoms with Crippen LogP contribution in [0.25, 0.3) is 0 Å². The van der Waals surface area contributed by atoms with Crippen molar-refractivity contribution in [3.05, 3.63) is 28.2 Å². The van der Waals surface area contributed by atoms with Crippen LogP contribution in [0.3, 0.4) is 0 Å². The summed E-state index contributed by atoms with van der Waals surface area (Å²) in [4.78, 5) is 22.5. The fourth-order valence-electron chi connectivity index (χ4n) is 1.10. The Morgan fingerprint density at radius 2 is 2.00 bits per heavy atom. The van der Waals surface area contributed by atoms with E-state index in [9.17, 15) is 9.59 Å². The van der Waals surface area contributed by atoms with Crippen molar-refractivity contribution in [3.63, 3.8) is 0 Å². The molecular weight excluding hydrogens is 279 g/mol. The van der Waals surface area contributed by atoms with Gasteiger partial charge < -0.3 is 10.1 Å². The van der Waals surface area contributed by atoms with Gasteiger partial charge in [-0.15, -0.1) is 0 Å². The zero-order valence-corrected chi connectivity index (χ0v) is 11.3. The van der Waals surface area contributed by atoms with Crippen LogP contribution >= 0.6 is 23.2 Å². The van der Waals surface area contributed by atoms with Crippen molar-refractivity contribution in [2.45, 2.75) is 13.0 Å². The summed E-state index contributed by atoms with van der Waals surface area (Å²) in [6.07, 6.45) is -0.877. The van der Waals surface area contributed by atoms with Crippen LogP contribution in [0.2, 0.25) is 10.0 Å². The van der Waals surface area contributed by atoms with E-state index in [-0.39, 0.29) is 10.8 Å². The topological polar surface area (TPSA) is 67.4 Å². The van der Waals surface area contributed by atoms with Crippen LogP contribution in [0, 0.1) is 0 Å². The first-order valence-electron chi connectivity index (χ1n) is 5.09. The molecule has 0 heterocycles. The molecule has 0 aliphatic rings. The molecule has 0 aliphatic carbocycles. The van der Waals surface area contributed by atoms with E-state index >= 15 is 0 Å². The van der Waals surface area contributed by atoms with Crippen LogP contribution < -0.4 is 15.4 Å². The van der Waals surface area contributed by atoms with Crippen molar-refractivity contribution in [2.24, 2.45) is 0 Å². The highest BCUT2D eigenvalue weighted by Crippen LogP contribution is 2.31. The largest absolute Gasteiger partial charge is 0.479 e. The quantitative estimate of drug-likeness (QED) is 0.897. The lowest BCUT2D eigenvalue weighted by molar-refractivity contribution is -0.126. The van der Waals surface area contributed by atoms with Crippen molar-refractivity contribution in [1.82, 2.24) is 10.6 Å². The lowest BCUT2D eigenvalue weighted by Crippen LogP contribution is -2.43. The van der Waals surface area contributed by atoms with Gasteiger partial charge in [0.1, 0.15) is 10.8 Å². The summed E-state index contributed by atoms with van der Waals surface area (Å²) in [5, 5.41) is 4.90. The van der Waals surface area contributed by atoms with Gasteiger partial charge in [0.05, 0.1) is 5.02 Å². The Bertz CT molecular complexity index is 466. The second kappa shape index (κ2) is 6.47. The Labute approximate surface area is 114 Å². The van der Waals surface area contributed by atoms with Crippen molar-refractivity contribution in [2.75, 3.05) is 7.05 Å². The summed E-state index contributed by atoms with van der Waals surface area (Å²) in [7, 11) is 1.40. The van der Waals surface area contributed by atoms with Crippen molar-refractivity contribution < 1.29 is 14.3 Å². The molecule has 0 unspecified atom stereocenters. The van der Waals surface area contributed by atoms with Crippen LogP contribution in [0.5, 0.6) is 5.75 Å². The summed E-state index contributed by atoms with van der Waals surface area (Å²) >= 11 is 11.7. The first kappa shape index (κ1) is 14.6. The van der Waals surface area contributed by atoms with Gasteiger partial charge in [-0.25, -0.2) is 4.79 Å². The highest BCUT2D eigenvalue weighted by Gasteiger charge is 2.18. The number of hydrogen-bond acceptors (Lipinski definition) is 3. The number of nitrogens with one attached hydrogen (secondary N) is 2. The fraction of sp³-hybridized carbons (Fsp3) is 0.273. The molecule has 18 heavy (non-hydrogen) atoms. The van der Waals surface area contributed by atoms with E-state index in [2.05, 4.69) is 10.6 Å². The van der Waals surface area contributed by atoms with Gasteiger partial charge in [-0.2, -0.15) is 0 Å². The zero-order chi connectivity index (χ0) is 13.7. The van der Waals surface area contributed by atoms with Crippen LogP contribution in [0.15, 0.2) is 18.2 Å². The minimum absolute atomic E-state index is 0.221. The third-order valence-corrected chi connectivity index (χ3v) is 2.85. The number of halogens is 2. The number of ether oxygens (including phenoxy) is 1. The van der Waals surface area contributed by atoms with Gasteiger partial charge in [0.15, 0.2) is 6.10 Å². The summed E-state index contributed by atoms with van der Waals surface area (Å²) in [5.41, 5.74) is 0. The second-order valence-corrected chi connectivity index (χ2v) is 4.17. The Balaban J connectivity index is 2.69. The number of urea groups is 1. The molecule has 0 bridgehead atoms. The lowest BCUT2D eigenvalue weighted by atomic mass is 10.3. The molecule has 7 heteroatoms. The molecule has 0 aliphatic heterocycles. The van der Waals surface area contributed by atoms with Gasteiger partial charge in [-0.1, -0.05) is 29.3 Å². The van der Waals surface area contributed by atoms with Crippen LogP contribution in [-0.4, -0.2) is 25.1 Å². The summed E-state index contributed by atoms with van der Waals surface area (Å²) in [5.74, 6) is -0.297. The van der Waals surface area contributed by atoms with E-state index < -0.39 is 18.0 Å². The maximum atomic E-state index is 11.5. The Morgan fingerprint density at radius 1 is 1.33 bits per heavy atom. The molecule has 1 rings (SSSR count). The maximum Gasteiger partial charge on any atom is 0.321 e. The standard InChI is InChI=1S/C11H12Cl2N2O3/c1-6(10(16)15-11(17)14-2)18-8-5-3-4-7(12)9(8)13/h3-6H,1-2H3,(H2,14,15,16,17)/t6-/m0/s1. The molecule has 2 N–H and O–H groups in total.